The predicted octanol–water partition coefficient (Wildman–Crippen LogP) is 3.16. The third-order valence-corrected chi connectivity index (χ3v) is 5.71. The first-order valence-electron chi connectivity index (χ1n) is 7.75. The number of piperidine rings is 1. The Kier molecular flexibility index (Phi) is 4.06. The number of hydrogen-bond donors (Lipinski definition) is 0. The first kappa shape index (κ1) is 15.0. The minimum atomic E-state index is 0.0564. The van der Waals surface area contributed by atoms with Crippen LogP contribution < -0.4 is 4.90 Å². The molecule has 0 atom stereocenters. The van der Waals surface area contributed by atoms with E-state index in [0.29, 0.717) is 12.3 Å². The minimum absolute atomic E-state index is 0.0564. The van der Waals surface area contributed by atoms with Crippen molar-refractivity contribution in [2.45, 2.75) is 39.5 Å². The first-order chi connectivity index (χ1) is 9.98. The van der Waals surface area contributed by atoms with E-state index >= 15 is 0 Å². The van der Waals surface area contributed by atoms with E-state index in [1.54, 1.807) is 18.4 Å². The van der Waals surface area contributed by atoms with Gasteiger partial charge in [0.2, 0.25) is 0 Å². The minimum Gasteiger partial charge on any atom is -0.384 e. The highest BCUT2D eigenvalue weighted by molar-refractivity contribution is 7.17. The van der Waals surface area contributed by atoms with Gasteiger partial charge in [-0.15, -0.1) is 0 Å². The van der Waals surface area contributed by atoms with Gasteiger partial charge in [0, 0.05) is 33.2 Å². The summed E-state index contributed by atoms with van der Waals surface area (Å²) in [6, 6.07) is 0. The van der Waals surface area contributed by atoms with Gasteiger partial charge in [-0.2, -0.15) is 0 Å². The Balaban J connectivity index is 1.73. The van der Waals surface area contributed by atoms with Gasteiger partial charge in [0.15, 0.2) is 10.9 Å². The van der Waals surface area contributed by atoms with Gasteiger partial charge in [-0.1, -0.05) is 25.2 Å². The van der Waals surface area contributed by atoms with E-state index in [1.807, 2.05) is 0 Å². The smallest absolute Gasteiger partial charge is 0.186 e. The van der Waals surface area contributed by atoms with Crippen molar-refractivity contribution in [2.75, 3.05) is 31.7 Å². The van der Waals surface area contributed by atoms with Gasteiger partial charge in [-0.05, 0) is 30.6 Å². The number of fused-ring (bicyclic) bond motifs is 1. The van der Waals surface area contributed by atoms with Crippen LogP contribution in [0.1, 0.15) is 48.5 Å². The number of aromatic nitrogens is 1. The fourth-order valence-corrected chi connectivity index (χ4v) is 4.44. The van der Waals surface area contributed by atoms with E-state index in [4.69, 9.17) is 9.72 Å². The zero-order valence-electron chi connectivity index (χ0n) is 13.1. The molecule has 21 heavy (non-hydrogen) atoms. The van der Waals surface area contributed by atoms with Gasteiger partial charge in [-0.25, -0.2) is 4.98 Å². The number of ketones is 1. The molecule has 1 aliphatic heterocycles. The SMILES string of the molecule is COCC1CCN(c2nc3c(s2)C(=O)CC(C)(C)C3)CC1. The molecule has 0 amide bonds. The van der Waals surface area contributed by atoms with Crippen LogP contribution in [0.4, 0.5) is 5.13 Å². The molecule has 3 rings (SSSR count). The van der Waals surface area contributed by atoms with Crippen LogP contribution in [0, 0.1) is 11.3 Å². The molecule has 4 nitrogen and oxygen atoms in total. The maximum absolute atomic E-state index is 12.3. The van der Waals surface area contributed by atoms with Crippen LogP contribution in [0.25, 0.3) is 0 Å². The zero-order valence-corrected chi connectivity index (χ0v) is 14.0. The Morgan fingerprint density at radius 1 is 1.33 bits per heavy atom. The summed E-state index contributed by atoms with van der Waals surface area (Å²) in [6.07, 6.45) is 3.87. The first-order valence-corrected chi connectivity index (χ1v) is 8.57. The summed E-state index contributed by atoms with van der Waals surface area (Å²) in [5.41, 5.74) is 1.08. The van der Waals surface area contributed by atoms with Crippen molar-refractivity contribution in [3.05, 3.63) is 10.6 Å². The van der Waals surface area contributed by atoms with Crippen LogP contribution in [0.5, 0.6) is 0 Å². The van der Waals surface area contributed by atoms with Crippen LogP contribution in [0.3, 0.4) is 0 Å². The highest BCUT2D eigenvalue weighted by Crippen LogP contribution is 2.39. The molecule has 1 fully saturated rings. The van der Waals surface area contributed by atoms with Crippen molar-refractivity contribution in [2.24, 2.45) is 11.3 Å². The topological polar surface area (TPSA) is 42.4 Å². The summed E-state index contributed by atoms with van der Waals surface area (Å²) >= 11 is 1.60. The van der Waals surface area contributed by atoms with Gasteiger partial charge in [0.05, 0.1) is 10.6 Å². The molecule has 0 bridgehead atoms. The number of rotatable bonds is 3. The van der Waals surface area contributed by atoms with E-state index in [1.165, 1.54) is 0 Å². The Hall–Kier alpha value is -0.940. The van der Waals surface area contributed by atoms with Gasteiger partial charge >= 0.3 is 0 Å². The summed E-state index contributed by atoms with van der Waals surface area (Å²) in [5.74, 6) is 0.945. The summed E-state index contributed by atoms with van der Waals surface area (Å²) < 4.78 is 5.25. The highest BCUT2D eigenvalue weighted by atomic mass is 32.1. The number of ether oxygens (including phenoxy) is 1. The lowest BCUT2D eigenvalue weighted by atomic mass is 9.78. The number of nitrogens with zero attached hydrogens (tertiary/aromatic N) is 2. The molecule has 2 aliphatic rings. The van der Waals surface area contributed by atoms with Crippen LogP contribution in [0.15, 0.2) is 0 Å². The molecule has 116 valence electrons. The zero-order chi connectivity index (χ0) is 15.0. The summed E-state index contributed by atoms with van der Waals surface area (Å²) in [6.45, 7) is 7.22. The maximum Gasteiger partial charge on any atom is 0.186 e. The average molecular weight is 308 g/mol. The number of carbonyl (C=O) groups is 1. The van der Waals surface area contributed by atoms with Crippen molar-refractivity contribution < 1.29 is 9.53 Å². The summed E-state index contributed by atoms with van der Waals surface area (Å²) in [5, 5.41) is 1.04. The van der Waals surface area contributed by atoms with Gasteiger partial charge in [-0.3, -0.25) is 4.79 Å². The second-order valence-corrected chi connectivity index (χ2v) is 8.08. The molecule has 5 heteroatoms. The van der Waals surface area contributed by atoms with Crippen molar-refractivity contribution >= 4 is 22.3 Å². The average Bonchev–Trinajstić information content (AvgIpc) is 2.82. The van der Waals surface area contributed by atoms with E-state index in [2.05, 4.69) is 18.7 Å². The van der Waals surface area contributed by atoms with Gasteiger partial charge < -0.3 is 9.64 Å². The Morgan fingerprint density at radius 2 is 2.05 bits per heavy atom. The fourth-order valence-electron chi connectivity index (χ4n) is 3.37. The molecule has 1 saturated heterocycles. The third-order valence-electron chi connectivity index (χ3n) is 4.51. The number of hydrogen-bond acceptors (Lipinski definition) is 5. The lowest BCUT2D eigenvalue weighted by Crippen LogP contribution is -2.34. The van der Waals surface area contributed by atoms with Gasteiger partial charge in [0.1, 0.15) is 0 Å². The summed E-state index contributed by atoms with van der Waals surface area (Å²) in [7, 11) is 1.77. The molecule has 1 aromatic heterocycles. The lowest BCUT2D eigenvalue weighted by molar-refractivity contribution is 0.0916. The van der Waals surface area contributed by atoms with E-state index in [-0.39, 0.29) is 11.2 Å². The van der Waals surface area contributed by atoms with Crippen LogP contribution >= 0.6 is 11.3 Å². The molecule has 1 aliphatic carbocycles. The molecule has 2 heterocycles. The molecule has 0 aromatic carbocycles. The fraction of sp³-hybridized carbons (Fsp3) is 0.750. The van der Waals surface area contributed by atoms with Crippen LogP contribution in [0.2, 0.25) is 0 Å². The number of Topliss-reactive ketones (excluding diaryl/α,β-unsaturated/α-hetero) is 1. The quantitative estimate of drug-likeness (QED) is 0.860. The Bertz CT molecular complexity index is 530. The Morgan fingerprint density at radius 3 is 2.71 bits per heavy atom. The monoisotopic (exact) mass is 308 g/mol. The third kappa shape index (κ3) is 3.14. The molecular weight excluding hydrogens is 284 g/mol. The number of methoxy groups -OCH3 is 1. The highest BCUT2D eigenvalue weighted by Gasteiger charge is 2.34. The van der Waals surface area contributed by atoms with Crippen molar-refractivity contribution in [3.63, 3.8) is 0 Å². The van der Waals surface area contributed by atoms with Crippen LogP contribution in [-0.4, -0.2) is 37.6 Å². The predicted molar refractivity (Wildman–Crippen MR) is 85.4 cm³/mol. The van der Waals surface area contributed by atoms with Crippen molar-refractivity contribution in [1.82, 2.24) is 4.98 Å². The molecule has 0 N–H and O–H groups in total. The standard InChI is InChI=1S/C16H24N2O2S/c1-16(2)8-12-14(13(19)9-16)21-15(17-12)18-6-4-11(5-7-18)10-20-3/h11H,4-10H2,1-3H3. The van der Waals surface area contributed by atoms with Gasteiger partial charge in [0.25, 0.3) is 0 Å². The molecular formula is C16H24N2O2S. The molecule has 1 aromatic rings. The largest absolute Gasteiger partial charge is 0.384 e. The van der Waals surface area contributed by atoms with E-state index in [9.17, 15) is 4.79 Å². The summed E-state index contributed by atoms with van der Waals surface area (Å²) in [4.78, 5) is 20.3. The second-order valence-electron chi connectivity index (χ2n) is 7.10. The molecule has 0 radical (unpaired) electrons. The van der Waals surface area contributed by atoms with Crippen molar-refractivity contribution in [3.8, 4) is 0 Å². The molecule has 0 spiro atoms. The van der Waals surface area contributed by atoms with E-state index in [0.717, 1.165) is 54.7 Å². The lowest BCUT2D eigenvalue weighted by Gasteiger charge is -2.31. The Labute approximate surface area is 130 Å². The second kappa shape index (κ2) is 5.69. The van der Waals surface area contributed by atoms with Crippen LogP contribution in [-0.2, 0) is 11.2 Å². The number of thiazole rings is 1. The number of carbonyl (C=O) groups excluding carboxylic acids is 1. The number of anilines is 1. The normalized spacial score (nSPS) is 22.4. The molecule has 0 unspecified atom stereocenters. The molecule has 0 saturated carbocycles. The maximum atomic E-state index is 12.3. The van der Waals surface area contributed by atoms with Crippen molar-refractivity contribution in [1.29, 1.82) is 0 Å². The van der Waals surface area contributed by atoms with E-state index < -0.39 is 0 Å².